The molecular weight excluding hydrogens is 260 g/mol. The van der Waals surface area contributed by atoms with Gasteiger partial charge < -0.3 is 14.0 Å². The van der Waals surface area contributed by atoms with Crippen molar-refractivity contribution < 1.29 is 18.8 Å². The van der Waals surface area contributed by atoms with E-state index in [1.807, 2.05) is 6.92 Å². The number of esters is 1. The molecule has 20 heavy (non-hydrogen) atoms. The Labute approximate surface area is 117 Å². The van der Waals surface area contributed by atoms with Crippen molar-refractivity contribution in [1.82, 2.24) is 10.1 Å². The Balaban J connectivity index is 1.82. The van der Waals surface area contributed by atoms with Crippen molar-refractivity contribution in [2.75, 3.05) is 13.2 Å². The average Bonchev–Trinajstić information content (AvgIpc) is 3.10. The molecule has 2 aliphatic rings. The molecule has 0 amide bonds. The minimum absolute atomic E-state index is 0.259. The molecule has 0 spiro atoms. The summed E-state index contributed by atoms with van der Waals surface area (Å²) in [6.45, 7) is 4.85. The maximum absolute atomic E-state index is 12.0. The normalized spacial score (nSPS) is 28.1. The summed E-state index contributed by atoms with van der Waals surface area (Å²) >= 11 is 0. The van der Waals surface area contributed by atoms with Gasteiger partial charge in [0.25, 0.3) is 0 Å². The van der Waals surface area contributed by atoms with E-state index >= 15 is 0 Å². The van der Waals surface area contributed by atoms with E-state index in [4.69, 9.17) is 14.0 Å². The summed E-state index contributed by atoms with van der Waals surface area (Å²) in [6.07, 6.45) is 4.45. The lowest BCUT2D eigenvalue weighted by Gasteiger charge is -2.30. The molecule has 0 N–H and O–H groups in total. The number of carbonyl (C=O) groups is 1. The summed E-state index contributed by atoms with van der Waals surface area (Å²) < 4.78 is 16.2. The van der Waals surface area contributed by atoms with Crippen molar-refractivity contribution in [3.05, 3.63) is 11.7 Å². The predicted octanol–water partition coefficient (Wildman–Crippen LogP) is 2.08. The van der Waals surface area contributed by atoms with Crippen LogP contribution in [0.2, 0.25) is 0 Å². The predicted molar refractivity (Wildman–Crippen MR) is 69.0 cm³/mol. The second-order valence-electron chi connectivity index (χ2n) is 5.76. The van der Waals surface area contributed by atoms with Crippen LogP contribution in [0, 0.1) is 0 Å². The van der Waals surface area contributed by atoms with Gasteiger partial charge in [-0.3, -0.25) is 4.79 Å². The van der Waals surface area contributed by atoms with Crippen LogP contribution in [0.3, 0.4) is 0 Å². The third-order valence-corrected chi connectivity index (χ3v) is 4.19. The van der Waals surface area contributed by atoms with Gasteiger partial charge in [0, 0.05) is 6.61 Å². The lowest BCUT2D eigenvalue weighted by Crippen LogP contribution is -2.31. The monoisotopic (exact) mass is 280 g/mol. The highest BCUT2D eigenvalue weighted by Gasteiger charge is 2.58. The Morgan fingerprint density at radius 1 is 1.35 bits per heavy atom. The summed E-state index contributed by atoms with van der Waals surface area (Å²) in [5.74, 6) is 0.661. The molecule has 6 heteroatoms. The number of ether oxygens (including phenoxy) is 2. The Morgan fingerprint density at radius 2 is 2.15 bits per heavy atom. The molecule has 1 aliphatic carbocycles. The van der Waals surface area contributed by atoms with Crippen molar-refractivity contribution in [2.24, 2.45) is 0 Å². The van der Waals surface area contributed by atoms with Gasteiger partial charge in [0.05, 0.1) is 6.61 Å². The summed E-state index contributed by atoms with van der Waals surface area (Å²) in [5.41, 5.74) is -1.20. The van der Waals surface area contributed by atoms with Gasteiger partial charge >= 0.3 is 5.97 Å². The number of carbonyl (C=O) groups excluding carboxylic acids is 1. The number of aromatic nitrogens is 2. The lowest BCUT2D eigenvalue weighted by atomic mass is 9.95. The van der Waals surface area contributed by atoms with Crippen LogP contribution in [0.15, 0.2) is 4.52 Å². The van der Waals surface area contributed by atoms with Gasteiger partial charge in [-0.2, -0.15) is 4.98 Å². The van der Waals surface area contributed by atoms with Gasteiger partial charge in [-0.1, -0.05) is 5.16 Å². The van der Waals surface area contributed by atoms with Gasteiger partial charge in [0.1, 0.15) is 11.0 Å². The Bertz CT molecular complexity index is 501. The molecule has 0 bridgehead atoms. The number of hydrogen-bond donors (Lipinski definition) is 0. The van der Waals surface area contributed by atoms with E-state index in [2.05, 4.69) is 10.1 Å². The van der Waals surface area contributed by atoms with Crippen molar-refractivity contribution in [1.29, 1.82) is 0 Å². The van der Waals surface area contributed by atoms with Gasteiger partial charge in [0.2, 0.25) is 11.7 Å². The Kier molecular flexibility index (Phi) is 3.28. The summed E-state index contributed by atoms with van der Waals surface area (Å²) in [6, 6.07) is 0. The smallest absolute Gasteiger partial charge is 0.321 e. The molecule has 110 valence electrons. The highest BCUT2D eigenvalue weighted by molar-refractivity contribution is 5.85. The van der Waals surface area contributed by atoms with E-state index in [1.54, 1.807) is 6.92 Å². The standard InChI is InChI=1S/C14H20N2O4/c1-3-18-12(17)14(7-8-14)11-15-10(16-20-11)13(2)6-4-5-9-19-13/h3-9H2,1-2H3. The molecule has 0 aromatic carbocycles. The molecule has 3 rings (SSSR count). The maximum atomic E-state index is 12.0. The van der Waals surface area contributed by atoms with Crippen LogP contribution in [0.5, 0.6) is 0 Å². The van der Waals surface area contributed by atoms with Crippen molar-refractivity contribution in [2.45, 2.75) is 57.0 Å². The molecule has 1 saturated heterocycles. The first-order valence-electron chi connectivity index (χ1n) is 7.27. The maximum Gasteiger partial charge on any atom is 0.321 e. The van der Waals surface area contributed by atoms with E-state index < -0.39 is 11.0 Å². The average molecular weight is 280 g/mol. The van der Waals surface area contributed by atoms with E-state index in [1.165, 1.54) is 0 Å². The first-order valence-corrected chi connectivity index (χ1v) is 7.27. The van der Waals surface area contributed by atoms with Crippen molar-refractivity contribution in [3.63, 3.8) is 0 Å². The third kappa shape index (κ3) is 2.12. The minimum atomic E-state index is -0.702. The minimum Gasteiger partial charge on any atom is -0.465 e. The van der Waals surface area contributed by atoms with Crippen LogP contribution < -0.4 is 0 Å². The van der Waals surface area contributed by atoms with E-state index in [0.29, 0.717) is 37.8 Å². The van der Waals surface area contributed by atoms with E-state index in [0.717, 1.165) is 19.3 Å². The molecule has 1 atom stereocenters. The van der Waals surface area contributed by atoms with E-state index in [-0.39, 0.29) is 5.97 Å². The highest BCUT2D eigenvalue weighted by atomic mass is 16.5. The Hall–Kier alpha value is -1.43. The molecule has 0 radical (unpaired) electrons. The fourth-order valence-corrected chi connectivity index (χ4v) is 2.64. The second kappa shape index (κ2) is 4.84. The second-order valence-corrected chi connectivity index (χ2v) is 5.76. The summed E-state index contributed by atoms with van der Waals surface area (Å²) in [4.78, 5) is 16.5. The fraction of sp³-hybridized carbons (Fsp3) is 0.786. The molecule has 1 saturated carbocycles. The molecular formula is C14H20N2O4. The molecule has 2 fully saturated rings. The van der Waals surface area contributed by atoms with Crippen LogP contribution >= 0.6 is 0 Å². The van der Waals surface area contributed by atoms with Crippen LogP contribution in [0.25, 0.3) is 0 Å². The van der Waals surface area contributed by atoms with Crippen LogP contribution in [-0.2, 0) is 25.3 Å². The SMILES string of the molecule is CCOC(=O)C1(c2nc(C3(C)CCCCO3)no2)CC1. The fourth-order valence-electron chi connectivity index (χ4n) is 2.64. The van der Waals surface area contributed by atoms with Crippen LogP contribution in [0.1, 0.15) is 57.7 Å². The van der Waals surface area contributed by atoms with E-state index in [9.17, 15) is 4.79 Å². The first kappa shape index (κ1) is 13.5. The third-order valence-electron chi connectivity index (χ3n) is 4.19. The van der Waals surface area contributed by atoms with Gasteiger partial charge in [-0.25, -0.2) is 0 Å². The zero-order valence-corrected chi connectivity index (χ0v) is 12.0. The van der Waals surface area contributed by atoms with Crippen molar-refractivity contribution in [3.8, 4) is 0 Å². The van der Waals surface area contributed by atoms with Gasteiger partial charge in [-0.05, 0) is 46.0 Å². The molecule has 1 aliphatic heterocycles. The summed E-state index contributed by atoms with van der Waals surface area (Å²) in [5, 5.41) is 4.04. The Morgan fingerprint density at radius 3 is 2.75 bits per heavy atom. The first-order chi connectivity index (χ1) is 9.61. The largest absolute Gasteiger partial charge is 0.465 e. The van der Waals surface area contributed by atoms with Crippen LogP contribution in [-0.4, -0.2) is 29.3 Å². The zero-order valence-electron chi connectivity index (χ0n) is 12.0. The van der Waals surface area contributed by atoms with Gasteiger partial charge in [0.15, 0.2) is 0 Å². The quantitative estimate of drug-likeness (QED) is 0.786. The molecule has 2 heterocycles. The summed E-state index contributed by atoms with van der Waals surface area (Å²) in [7, 11) is 0. The molecule has 1 aromatic rings. The number of nitrogens with zero attached hydrogens (tertiary/aromatic N) is 2. The number of hydrogen-bond acceptors (Lipinski definition) is 6. The topological polar surface area (TPSA) is 74.5 Å². The van der Waals surface area contributed by atoms with Crippen LogP contribution in [0.4, 0.5) is 0 Å². The van der Waals surface area contributed by atoms with Gasteiger partial charge in [-0.15, -0.1) is 0 Å². The van der Waals surface area contributed by atoms with Crippen molar-refractivity contribution >= 4 is 5.97 Å². The molecule has 1 unspecified atom stereocenters. The zero-order chi connectivity index (χ0) is 14.2. The lowest BCUT2D eigenvalue weighted by molar-refractivity contribution is -0.146. The number of rotatable bonds is 4. The molecule has 1 aromatic heterocycles. The highest BCUT2D eigenvalue weighted by Crippen LogP contribution is 2.49. The molecule has 6 nitrogen and oxygen atoms in total.